The van der Waals surface area contributed by atoms with Crippen molar-refractivity contribution in [3.63, 3.8) is 0 Å². The summed E-state index contributed by atoms with van der Waals surface area (Å²) in [6, 6.07) is 13.4. The van der Waals surface area contributed by atoms with Gasteiger partial charge < -0.3 is 10.5 Å². The van der Waals surface area contributed by atoms with Gasteiger partial charge in [0.25, 0.3) is 0 Å². The van der Waals surface area contributed by atoms with Gasteiger partial charge >= 0.3 is 0 Å². The van der Waals surface area contributed by atoms with E-state index in [9.17, 15) is 0 Å². The summed E-state index contributed by atoms with van der Waals surface area (Å²) in [6.07, 6.45) is 0.966. The Morgan fingerprint density at radius 2 is 2.00 bits per heavy atom. The van der Waals surface area contributed by atoms with Crippen LogP contribution in [0.25, 0.3) is 0 Å². The number of para-hydroxylation sites is 1. The maximum Gasteiger partial charge on any atom is 0.124 e. The third-order valence-corrected chi connectivity index (χ3v) is 4.25. The summed E-state index contributed by atoms with van der Waals surface area (Å²) < 4.78 is 6.63. The first-order valence-corrected chi connectivity index (χ1v) is 7.72. The Morgan fingerprint density at radius 1 is 1.25 bits per heavy atom. The third-order valence-electron chi connectivity index (χ3n) is 3.02. The van der Waals surface area contributed by atoms with Gasteiger partial charge in [0.15, 0.2) is 0 Å². The molecule has 0 aromatic heterocycles. The monoisotopic (exact) mass is 353 g/mol. The molecule has 0 bridgehead atoms. The van der Waals surface area contributed by atoms with Crippen LogP contribution in [0.15, 0.2) is 46.9 Å². The quantitative estimate of drug-likeness (QED) is 0.825. The second kappa shape index (κ2) is 7.11. The predicted molar refractivity (Wildman–Crippen MR) is 87.4 cm³/mol. The molecule has 2 aromatic carbocycles. The molecule has 2 nitrogen and oxygen atoms in total. The van der Waals surface area contributed by atoms with Crippen molar-refractivity contribution < 1.29 is 4.74 Å². The summed E-state index contributed by atoms with van der Waals surface area (Å²) in [5, 5.41) is 0.657. The average molecular weight is 355 g/mol. The van der Waals surface area contributed by atoms with Crippen LogP contribution in [0.4, 0.5) is 0 Å². The first-order chi connectivity index (χ1) is 9.63. The fraction of sp³-hybridized carbons (Fsp3) is 0.250. The lowest BCUT2D eigenvalue weighted by Gasteiger charge is -2.17. The highest BCUT2D eigenvalue weighted by molar-refractivity contribution is 9.10. The van der Waals surface area contributed by atoms with Crippen LogP contribution in [0.2, 0.25) is 5.02 Å². The van der Waals surface area contributed by atoms with E-state index in [1.807, 2.05) is 42.5 Å². The third kappa shape index (κ3) is 3.54. The zero-order chi connectivity index (χ0) is 14.5. The number of nitrogens with two attached hydrogens (primary N) is 1. The molecule has 0 aliphatic heterocycles. The minimum atomic E-state index is -0.256. The summed E-state index contributed by atoms with van der Waals surface area (Å²) in [5.41, 5.74) is 8.29. The van der Waals surface area contributed by atoms with E-state index in [0.717, 1.165) is 27.8 Å². The largest absolute Gasteiger partial charge is 0.493 e. The van der Waals surface area contributed by atoms with E-state index in [-0.39, 0.29) is 6.04 Å². The van der Waals surface area contributed by atoms with Gasteiger partial charge in [-0.05, 0) is 46.1 Å². The molecule has 20 heavy (non-hydrogen) atoms. The minimum Gasteiger partial charge on any atom is -0.493 e. The Morgan fingerprint density at radius 3 is 2.70 bits per heavy atom. The van der Waals surface area contributed by atoms with Crippen LogP contribution in [-0.4, -0.2) is 6.61 Å². The summed E-state index contributed by atoms with van der Waals surface area (Å²) in [5.74, 6) is 0.834. The molecule has 106 valence electrons. The topological polar surface area (TPSA) is 35.2 Å². The van der Waals surface area contributed by atoms with Crippen LogP contribution in [0.5, 0.6) is 5.75 Å². The Bertz CT molecular complexity index is 588. The lowest BCUT2D eigenvalue weighted by atomic mass is 9.99. The highest BCUT2D eigenvalue weighted by atomic mass is 79.9. The molecule has 0 spiro atoms. The summed E-state index contributed by atoms with van der Waals surface area (Å²) in [7, 11) is 0. The standard InChI is InChI=1S/C16H17BrClNO/c1-2-9-20-15-6-4-3-5-12(15)16(19)11-7-8-13(17)14(18)10-11/h3-8,10,16H,2,9,19H2,1H3. The molecule has 0 saturated heterocycles. The van der Waals surface area contributed by atoms with Crippen LogP contribution in [0, 0.1) is 0 Å². The van der Waals surface area contributed by atoms with Crippen molar-refractivity contribution in [2.24, 2.45) is 5.73 Å². The number of halogens is 2. The van der Waals surface area contributed by atoms with Crippen molar-refractivity contribution in [3.05, 3.63) is 63.1 Å². The van der Waals surface area contributed by atoms with E-state index in [4.69, 9.17) is 22.1 Å². The number of hydrogen-bond donors (Lipinski definition) is 1. The van der Waals surface area contributed by atoms with Gasteiger partial charge in [-0.25, -0.2) is 0 Å². The Balaban J connectivity index is 2.32. The van der Waals surface area contributed by atoms with Crippen LogP contribution in [0.1, 0.15) is 30.5 Å². The fourth-order valence-electron chi connectivity index (χ4n) is 1.97. The Hall–Kier alpha value is -1.03. The second-order valence-corrected chi connectivity index (χ2v) is 5.80. The molecular formula is C16H17BrClNO. The fourth-order valence-corrected chi connectivity index (χ4v) is 2.40. The molecular weight excluding hydrogens is 338 g/mol. The van der Waals surface area contributed by atoms with Gasteiger partial charge in [0.05, 0.1) is 17.7 Å². The molecule has 0 saturated carbocycles. The van der Waals surface area contributed by atoms with Crippen LogP contribution >= 0.6 is 27.5 Å². The van der Waals surface area contributed by atoms with E-state index in [2.05, 4.69) is 22.9 Å². The maximum atomic E-state index is 6.35. The molecule has 2 aromatic rings. The molecule has 0 heterocycles. The van der Waals surface area contributed by atoms with Crippen molar-refractivity contribution in [2.75, 3.05) is 6.61 Å². The van der Waals surface area contributed by atoms with Gasteiger partial charge in [-0.2, -0.15) is 0 Å². The van der Waals surface area contributed by atoms with E-state index in [1.54, 1.807) is 0 Å². The average Bonchev–Trinajstić information content (AvgIpc) is 2.47. The lowest BCUT2D eigenvalue weighted by molar-refractivity contribution is 0.313. The van der Waals surface area contributed by atoms with E-state index in [1.165, 1.54) is 0 Å². The van der Waals surface area contributed by atoms with Gasteiger partial charge in [-0.15, -0.1) is 0 Å². The highest BCUT2D eigenvalue weighted by Gasteiger charge is 2.14. The molecule has 4 heteroatoms. The molecule has 0 aliphatic carbocycles. The van der Waals surface area contributed by atoms with E-state index < -0.39 is 0 Å². The summed E-state index contributed by atoms with van der Waals surface area (Å²) in [4.78, 5) is 0. The molecule has 0 amide bonds. The van der Waals surface area contributed by atoms with Crippen molar-refractivity contribution >= 4 is 27.5 Å². The van der Waals surface area contributed by atoms with Gasteiger partial charge in [0.1, 0.15) is 5.75 Å². The maximum absolute atomic E-state index is 6.35. The Kier molecular flexibility index (Phi) is 5.46. The predicted octanol–water partition coefficient (Wildman–Crippen LogP) is 4.94. The molecule has 0 radical (unpaired) electrons. The van der Waals surface area contributed by atoms with Crippen molar-refractivity contribution in [2.45, 2.75) is 19.4 Å². The van der Waals surface area contributed by atoms with Gasteiger partial charge in [-0.3, -0.25) is 0 Å². The number of hydrogen-bond acceptors (Lipinski definition) is 2. The van der Waals surface area contributed by atoms with Crippen molar-refractivity contribution in [1.29, 1.82) is 0 Å². The zero-order valence-corrected chi connectivity index (χ0v) is 13.6. The summed E-state index contributed by atoms with van der Waals surface area (Å²) >= 11 is 9.52. The number of ether oxygens (including phenoxy) is 1. The Labute approximate surface area is 133 Å². The first kappa shape index (κ1) is 15.4. The highest BCUT2D eigenvalue weighted by Crippen LogP contribution is 2.31. The smallest absolute Gasteiger partial charge is 0.124 e. The summed E-state index contributed by atoms with van der Waals surface area (Å²) in [6.45, 7) is 2.77. The van der Waals surface area contributed by atoms with Crippen LogP contribution in [-0.2, 0) is 0 Å². The zero-order valence-electron chi connectivity index (χ0n) is 11.3. The van der Waals surface area contributed by atoms with Crippen molar-refractivity contribution in [1.82, 2.24) is 0 Å². The first-order valence-electron chi connectivity index (χ1n) is 6.55. The SMILES string of the molecule is CCCOc1ccccc1C(N)c1ccc(Br)c(Cl)c1. The van der Waals surface area contributed by atoms with Crippen molar-refractivity contribution in [3.8, 4) is 5.75 Å². The molecule has 1 unspecified atom stereocenters. The normalized spacial score (nSPS) is 12.2. The van der Waals surface area contributed by atoms with Gasteiger partial charge in [-0.1, -0.05) is 42.8 Å². The van der Waals surface area contributed by atoms with Gasteiger partial charge in [0, 0.05) is 10.0 Å². The van der Waals surface area contributed by atoms with E-state index in [0.29, 0.717) is 11.6 Å². The molecule has 0 aliphatic rings. The molecule has 1 atom stereocenters. The van der Waals surface area contributed by atoms with Gasteiger partial charge in [0.2, 0.25) is 0 Å². The minimum absolute atomic E-state index is 0.256. The van der Waals surface area contributed by atoms with E-state index >= 15 is 0 Å². The lowest BCUT2D eigenvalue weighted by Crippen LogP contribution is -2.13. The van der Waals surface area contributed by atoms with Crippen LogP contribution < -0.4 is 10.5 Å². The molecule has 2 rings (SSSR count). The molecule has 0 fully saturated rings. The van der Waals surface area contributed by atoms with Crippen LogP contribution in [0.3, 0.4) is 0 Å². The molecule has 2 N–H and O–H groups in total. The number of rotatable bonds is 5. The second-order valence-electron chi connectivity index (χ2n) is 4.54. The number of benzene rings is 2.